The van der Waals surface area contributed by atoms with Gasteiger partial charge in [-0.1, -0.05) is 0 Å². The van der Waals surface area contributed by atoms with E-state index in [0.29, 0.717) is 5.92 Å². The zero-order valence-electron chi connectivity index (χ0n) is 12.4. The minimum Gasteiger partial charge on any atom is -0.465 e. The standard InChI is InChI=1S/C16H23N3O/c1-13-5-6-15(20-13)12-19-8-3-4-14(11-19)10-16-17-7-9-18(16)2/h5-7,9,14H,3-4,8,10-12H2,1-2H3/t14-/m1/s1. The average Bonchev–Trinajstić information content (AvgIpc) is 3.00. The summed E-state index contributed by atoms with van der Waals surface area (Å²) in [6.45, 7) is 5.26. The molecule has 4 nitrogen and oxygen atoms in total. The van der Waals surface area contributed by atoms with Crippen LogP contribution in [0.4, 0.5) is 0 Å². The molecule has 4 heteroatoms. The van der Waals surface area contributed by atoms with Crippen LogP contribution in [0.15, 0.2) is 28.9 Å². The molecule has 1 fully saturated rings. The number of piperidine rings is 1. The topological polar surface area (TPSA) is 34.2 Å². The zero-order valence-corrected chi connectivity index (χ0v) is 12.4. The maximum absolute atomic E-state index is 5.69. The Labute approximate surface area is 120 Å². The second-order valence-corrected chi connectivity index (χ2v) is 5.91. The summed E-state index contributed by atoms with van der Waals surface area (Å²) < 4.78 is 7.82. The van der Waals surface area contributed by atoms with E-state index in [1.54, 1.807) is 0 Å². The summed E-state index contributed by atoms with van der Waals surface area (Å²) >= 11 is 0. The highest BCUT2D eigenvalue weighted by Crippen LogP contribution is 2.22. The van der Waals surface area contributed by atoms with Gasteiger partial charge in [-0.3, -0.25) is 4.90 Å². The van der Waals surface area contributed by atoms with Gasteiger partial charge in [0.25, 0.3) is 0 Å². The predicted octanol–water partition coefficient (Wildman–Crippen LogP) is 2.78. The Morgan fingerprint density at radius 2 is 2.30 bits per heavy atom. The highest BCUT2D eigenvalue weighted by Gasteiger charge is 2.22. The van der Waals surface area contributed by atoms with Gasteiger partial charge in [0.2, 0.25) is 0 Å². The first-order chi connectivity index (χ1) is 9.70. The summed E-state index contributed by atoms with van der Waals surface area (Å²) in [6, 6.07) is 4.14. The van der Waals surface area contributed by atoms with E-state index in [-0.39, 0.29) is 0 Å². The first-order valence-electron chi connectivity index (χ1n) is 7.44. The lowest BCUT2D eigenvalue weighted by Gasteiger charge is -2.32. The van der Waals surface area contributed by atoms with Gasteiger partial charge in [-0.05, 0) is 44.4 Å². The Morgan fingerprint density at radius 1 is 1.40 bits per heavy atom. The predicted molar refractivity (Wildman–Crippen MR) is 78.4 cm³/mol. The number of likely N-dealkylation sites (tertiary alicyclic amines) is 1. The van der Waals surface area contributed by atoms with Crippen molar-refractivity contribution in [3.8, 4) is 0 Å². The molecule has 0 aromatic carbocycles. The van der Waals surface area contributed by atoms with Crippen LogP contribution >= 0.6 is 0 Å². The number of aromatic nitrogens is 2. The summed E-state index contributed by atoms with van der Waals surface area (Å²) in [6.07, 6.45) is 7.58. The molecule has 1 atom stereocenters. The van der Waals surface area contributed by atoms with Crippen LogP contribution < -0.4 is 0 Å². The van der Waals surface area contributed by atoms with Crippen molar-refractivity contribution in [1.82, 2.24) is 14.5 Å². The zero-order chi connectivity index (χ0) is 13.9. The fourth-order valence-electron chi connectivity index (χ4n) is 3.10. The van der Waals surface area contributed by atoms with Gasteiger partial charge in [0, 0.05) is 32.4 Å². The van der Waals surface area contributed by atoms with Crippen LogP contribution in [0.3, 0.4) is 0 Å². The van der Waals surface area contributed by atoms with Crippen LogP contribution in [0.25, 0.3) is 0 Å². The van der Waals surface area contributed by atoms with Crippen LogP contribution in [0.5, 0.6) is 0 Å². The molecule has 2 aromatic rings. The normalized spacial score (nSPS) is 20.4. The van der Waals surface area contributed by atoms with Gasteiger partial charge in [-0.25, -0.2) is 4.98 Å². The molecule has 20 heavy (non-hydrogen) atoms. The first kappa shape index (κ1) is 13.4. The Hall–Kier alpha value is -1.55. The first-order valence-corrected chi connectivity index (χ1v) is 7.44. The van der Waals surface area contributed by atoms with E-state index in [1.165, 1.54) is 25.2 Å². The third-order valence-electron chi connectivity index (χ3n) is 4.17. The fourth-order valence-corrected chi connectivity index (χ4v) is 3.10. The lowest BCUT2D eigenvalue weighted by atomic mass is 9.94. The molecule has 0 amide bonds. The second-order valence-electron chi connectivity index (χ2n) is 5.91. The van der Waals surface area contributed by atoms with Crippen molar-refractivity contribution < 1.29 is 4.42 Å². The van der Waals surface area contributed by atoms with Crippen molar-refractivity contribution in [2.24, 2.45) is 13.0 Å². The van der Waals surface area contributed by atoms with E-state index in [2.05, 4.69) is 27.6 Å². The summed E-state index contributed by atoms with van der Waals surface area (Å²) in [5.74, 6) is 3.99. The molecule has 1 aliphatic heterocycles. The van der Waals surface area contributed by atoms with Gasteiger partial charge >= 0.3 is 0 Å². The quantitative estimate of drug-likeness (QED) is 0.859. The van der Waals surface area contributed by atoms with Gasteiger partial charge in [-0.2, -0.15) is 0 Å². The summed E-state index contributed by atoms with van der Waals surface area (Å²) in [5.41, 5.74) is 0. The highest BCUT2D eigenvalue weighted by molar-refractivity contribution is 5.05. The van der Waals surface area contributed by atoms with Gasteiger partial charge < -0.3 is 8.98 Å². The number of rotatable bonds is 4. The molecule has 0 aliphatic carbocycles. The maximum atomic E-state index is 5.69. The van der Waals surface area contributed by atoms with Crippen molar-refractivity contribution in [2.45, 2.75) is 32.7 Å². The van der Waals surface area contributed by atoms with Crippen molar-refractivity contribution >= 4 is 0 Å². The fraction of sp³-hybridized carbons (Fsp3) is 0.562. The van der Waals surface area contributed by atoms with E-state index >= 15 is 0 Å². The van der Waals surface area contributed by atoms with Gasteiger partial charge in [0.15, 0.2) is 0 Å². The summed E-state index contributed by atoms with van der Waals surface area (Å²) in [5, 5.41) is 0. The second kappa shape index (κ2) is 5.83. The molecule has 1 saturated heterocycles. The number of hydrogen-bond acceptors (Lipinski definition) is 3. The van der Waals surface area contributed by atoms with Crippen molar-refractivity contribution in [2.75, 3.05) is 13.1 Å². The minimum atomic E-state index is 0.709. The molecule has 0 unspecified atom stereocenters. The largest absolute Gasteiger partial charge is 0.465 e. The number of nitrogens with zero attached hydrogens (tertiary/aromatic N) is 3. The molecule has 0 N–H and O–H groups in total. The van der Waals surface area contributed by atoms with E-state index in [1.807, 2.05) is 25.4 Å². The lowest BCUT2D eigenvalue weighted by molar-refractivity contribution is 0.154. The SMILES string of the molecule is Cc1ccc(CN2CCC[C@H](Cc3nccn3C)C2)o1. The molecule has 0 saturated carbocycles. The third kappa shape index (κ3) is 3.12. The van der Waals surface area contributed by atoms with Crippen LogP contribution in [0.1, 0.15) is 30.2 Å². The van der Waals surface area contributed by atoms with Gasteiger partial charge in [0.1, 0.15) is 17.3 Å². The van der Waals surface area contributed by atoms with E-state index < -0.39 is 0 Å². The number of furan rings is 1. The molecule has 3 heterocycles. The molecular weight excluding hydrogens is 250 g/mol. The molecule has 0 spiro atoms. The van der Waals surface area contributed by atoms with Crippen LogP contribution in [-0.2, 0) is 20.0 Å². The Morgan fingerprint density at radius 3 is 3.00 bits per heavy atom. The lowest BCUT2D eigenvalue weighted by Crippen LogP contribution is -2.35. The Balaban J connectivity index is 1.57. The summed E-state index contributed by atoms with van der Waals surface area (Å²) in [4.78, 5) is 6.96. The van der Waals surface area contributed by atoms with Gasteiger partial charge in [0.05, 0.1) is 6.54 Å². The molecule has 2 aromatic heterocycles. The molecule has 1 aliphatic rings. The minimum absolute atomic E-state index is 0.709. The van der Waals surface area contributed by atoms with Crippen molar-refractivity contribution in [3.05, 3.63) is 41.9 Å². The number of aryl methyl sites for hydroxylation is 2. The molecule has 0 bridgehead atoms. The Kier molecular flexibility index (Phi) is 3.92. The van der Waals surface area contributed by atoms with E-state index in [9.17, 15) is 0 Å². The highest BCUT2D eigenvalue weighted by atomic mass is 16.3. The maximum Gasteiger partial charge on any atom is 0.118 e. The third-order valence-corrected chi connectivity index (χ3v) is 4.17. The number of hydrogen-bond donors (Lipinski definition) is 0. The monoisotopic (exact) mass is 273 g/mol. The van der Waals surface area contributed by atoms with Crippen molar-refractivity contribution in [1.29, 1.82) is 0 Å². The Bertz CT molecular complexity index is 558. The smallest absolute Gasteiger partial charge is 0.118 e. The molecule has 108 valence electrons. The van der Waals surface area contributed by atoms with E-state index in [4.69, 9.17) is 4.42 Å². The van der Waals surface area contributed by atoms with Crippen LogP contribution in [0.2, 0.25) is 0 Å². The van der Waals surface area contributed by atoms with Gasteiger partial charge in [-0.15, -0.1) is 0 Å². The molecular formula is C16H23N3O. The molecule has 0 radical (unpaired) electrons. The van der Waals surface area contributed by atoms with Crippen LogP contribution in [-0.4, -0.2) is 27.5 Å². The number of imidazole rings is 1. The van der Waals surface area contributed by atoms with Crippen molar-refractivity contribution in [3.63, 3.8) is 0 Å². The van der Waals surface area contributed by atoms with E-state index in [0.717, 1.165) is 31.0 Å². The summed E-state index contributed by atoms with van der Waals surface area (Å²) in [7, 11) is 2.08. The van der Waals surface area contributed by atoms with Crippen LogP contribution in [0, 0.1) is 12.8 Å². The molecule has 3 rings (SSSR count). The average molecular weight is 273 g/mol.